The number of benzene rings is 4. The molecule has 6 unspecified atom stereocenters. The number of carboxylic acid groups (broad SMARTS) is 2. The second kappa shape index (κ2) is 20.2. The summed E-state index contributed by atoms with van der Waals surface area (Å²) in [5, 5.41) is 33.6. The molecular formula is C47H54N8O10. The van der Waals surface area contributed by atoms with Crippen LogP contribution < -0.4 is 31.0 Å². The molecule has 0 spiro atoms. The lowest BCUT2D eigenvalue weighted by Gasteiger charge is -2.40. The van der Waals surface area contributed by atoms with E-state index in [-0.39, 0.29) is 24.5 Å². The van der Waals surface area contributed by atoms with Crippen molar-refractivity contribution in [1.29, 1.82) is 0 Å². The van der Waals surface area contributed by atoms with Crippen molar-refractivity contribution >= 4 is 40.9 Å². The van der Waals surface area contributed by atoms with E-state index in [1.54, 1.807) is 46.4 Å². The van der Waals surface area contributed by atoms with Gasteiger partial charge in [-0.2, -0.15) is 5.10 Å². The van der Waals surface area contributed by atoms with Crippen molar-refractivity contribution in [3.8, 4) is 11.5 Å². The van der Waals surface area contributed by atoms with Crippen LogP contribution >= 0.6 is 0 Å². The van der Waals surface area contributed by atoms with Gasteiger partial charge in [0, 0.05) is 39.0 Å². The highest BCUT2D eigenvalue weighted by molar-refractivity contribution is 6.41. The van der Waals surface area contributed by atoms with Crippen LogP contribution in [0.15, 0.2) is 107 Å². The molecule has 0 aromatic heterocycles. The molecule has 6 atom stereocenters. The van der Waals surface area contributed by atoms with Crippen molar-refractivity contribution in [3.05, 3.63) is 119 Å². The number of hydrogen-bond acceptors (Lipinski definition) is 16. The van der Waals surface area contributed by atoms with Gasteiger partial charge >= 0.3 is 17.9 Å². The number of morpholine rings is 2. The van der Waals surface area contributed by atoms with Crippen LogP contribution in [-0.2, 0) is 41.4 Å². The molecule has 2 saturated heterocycles. The third-order valence-electron chi connectivity index (χ3n) is 12.2. The molecule has 0 saturated carbocycles. The van der Waals surface area contributed by atoms with Gasteiger partial charge in [-0.15, -0.1) is 5.10 Å². The Hall–Kier alpha value is -6.41. The Kier molecular flexibility index (Phi) is 14.0. The summed E-state index contributed by atoms with van der Waals surface area (Å²) in [6.07, 6.45) is -1.30. The number of para-hydroxylation sites is 2. The van der Waals surface area contributed by atoms with Crippen molar-refractivity contribution in [1.82, 2.24) is 9.80 Å². The van der Waals surface area contributed by atoms with E-state index >= 15 is 4.79 Å². The second-order valence-corrected chi connectivity index (χ2v) is 16.1. The van der Waals surface area contributed by atoms with Crippen LogP contribution in [0.1, 0.15) is 34.1 Å². The smallest absolute Gasteiger partial charge is 0.361 e. The predicted octanol–water partition coefficient (Wildman–Crippen LogP) is 3.05. The van der Waals surface area contributed by atoms with Gasteiger partial charge in [0.2, 0.25) is 5.90 Å². The van der Waals surface area contributed by atoms with Crippen LogP contribution in [0, 0.1) is 0 Å². The summed E-state index contributed by atoms with van der Waals surface area (Å²) in [6.45, 7) is 3.81. The fraction of sp³-hybridized carbons (Fsp3) is 0.383. The van der Waals surface area contributed by atoms with Gasteiger partial charge < -0.3 is 45.4 Å². The number of carbonyl (C=O) groups excluding carboxylic acids is 1. The van der Waals surface area contributed by atoms with E-state index in [1.165, 1.54) is 14.2 Å². The lowest BCUT2D eigenvalue weighted by molar-refractivity contribution is -0.139. The van der Waals surface area contributed by atoms with E-state index < -0.39 is 54.2 Å². The highest BCUT2D eigenvalue weighted by Crippen LogP contribution is 2.46. The number of hydrogen-bond donors (Lipinski definition) is 4. The molecule has 6 N–H and O–H groups in total. The number of hydrazone groups is 2. The average molecular weight is 891 g/mol. The minimum absolute atomic E-state index is 0.0362. The third-order valence-corrected chi connectivity index (χ3v) is 12.2. The standard InChI is InChI=1S/C47H54N8O10/c1-61-35-17-9-15-31(27-33(48)45(56)57)40(35)54-43(52-19-23-63-24-20-52)37(29-11-5-3-6-12-29)39(50-54)47(60)65-42-38(30-13-7-4-8-14-30)44(53-21-25-64-26-22-53)55(51-42)41-32(28-34(49)46(58)59)16-10-18-36(41)62-2/h3-18,33-34,37-38,43-44H,19-28,48-49H2,1-2H3,(H,56,57)(H,58,59). The number of methoxy groups -OCH3 is 2. The van der Waals surface area contributed by atoms with Gasteiger partial charge in [-0.05, 0) is 34.4 Å². The van der Waals surface area contributed by atoms with E-state index in [9.17, 15) is 19.8 Å². The SMILES string of the molecule is COc1cccc(CC(N)C(=O)O)c1N1N=C(OC(=O)C2=NN(c3c(CC(N)C(=O)O)cccc3OC)C(N3CCOCC3)C2c2ccccc2)C(c2ccccc2)C1N1CCOCC1. The Labute approximate surface area is 376 Å². The Bertz CT molecular complexity index is 2390. The normalized spacial score (nSPS) is 22.5. The molecule has 0 aliphatic carbocycles. The summed E-state index contributed by atoms with van der Waals surface area (Å²) in [4.78, 5) is 44.0. The topological polar surface area (TPSA) is 228 Å². The zero-order valence-corrected chi connectivity index (χ0v) is 36.3. The molecule has 4 aliphatic rings. The van der Waals surface area contributed by atoms with Gasteiger partial charge in [-0.25, -0.2) is 14.8 Å². The number of nitrogens with zero attached hydrogens (tertiary/aromatic N) is 6. The Balaban J connectivity index is 1.29. The van der Waals surface area contributed by atoms with Crippen LogP contribution in [0.2, 0.25) is 0 Å². The van der Waals surface area contributed by atoms with Gasteiger partial charge in [0.1, 0.15) is 47.3 Å². The van der Waals surface area contributed by atoms with Crippen molar-refractivity contribution in [2.24, 2.45) is 21.7 Å². The van der Waals surface area contributed by atoms with Crippen molar-refractivity contribution < 1.29 is 48.3 Å². The Morgan fingerprint density at radius 1 is 0.631 bits per heavy atom. The Morgan fingerprint density at radius 2 is 1.06 bits per heavy atom. The highest BCUT2D eigenvalue weighted by Gasteiger charge is 2.51. The number of nitrogens with two attached hydrogens (primary N) is 2. The number of esters is 1. The fourth-order valence-electron chi connectivity index (χ4n) is 9.12. The van der Waals surface area contributed by atoms with Gasteiger partial charge in [0.25, 0.3) is 0 Å². The highest BCUT2D eigenvalue weighted by atomic mass is 16.5. The van der Waals surface area contributed by atoms with Crippen molar-refractivity contribution in [2.45, 2.75) is 49.1 Å². The fourth-order valence-corrected chi connectivity index (χ4v) is 9.12. The average Bonchev–Trinajstić information content (AvgIpc) is 3.91. The molecular weight excluding hydrogens is 837 g/mol. The molecule has 4 heterocycles. The summed E-state index contributed by atoms with van der Waals surface area (Å²) in [5.41, 5.74) is 16.1. The molecule has 8 rings (SSSR count). The number of ether oxygens (including phenoxy) is 5. The Morgan fingerprint density at radius 3 is 1.51 bits per heavy atom. The summed E-state index contributed by atoms with van der Waals surface area (Å²) in [5.74, 6) is -3.53. The predicted molar refractivity (Wildman–Crippen MR) is 241 cm³/mol. The maximum absolute atomic E-state index is 15.4. The molecule has 65 heavy (non-hydrogen) atoms. The molecule has 18 heteroatoms. The minimum atomic E-state index is -1.23. The zero-order chi connectivity index (χ0) is 45.6. The molecule has 342 valence electrons. The molecule has 18 nitrogen and oxygen atoms in total. The van der Waals surface area contributed by atoms with E-state index in [2.05, 4.69) is 9.80 Å². The number of anilines is 2. The maximum atomic E-state index is 15.4. The minimum Gasteiger partial charge on any atom is -0.494 e. The summed E-state index contributed by atoms with van der Waals surface area (Å²) >= 11 is 0. The summed E-state index contributed by atoms with van der Waals surface area (Å²) in [7, 11) is 3.05. The van der Waals surface area contributed by atoms with Gasteiger partial charge in [-0.3, -0.25) is 19.4 Å². The maximum Gasteiger partial charge on any atom is 0.361 e. The van der Waals surface area contributed by atoms with Crippen LogP contribution in [0.5, 0.6) is 11.5 Å². The van der Waals surface area contributed by atoms with Crippen LogP contribution in [-0.4, -0.2) is 141 Å². The zero-order valence-electron chi connectivity index (χ0n) is 36.3. The molecule has 2 fully saturated rings. The first-order chi connectivity index (χ1) is 31.6. The van der Waals surface area contributed by atoms with Gasteiger partial charge in [-0.1, -0.05) is 84.9 Å². The number of carboxylic acids is 2. The van der Waals surface area contributed by atoms with E-state index in [4.69, 9.17) is 45.4 Å². The molecule has 0 radical (unpaired) electrons. The van der Waals surface area contributed by atoms with E-state index in [0.717, 1.165) is 11.1 Å². The van der Waals surface area contributed by atoms with E-state index in [1.807, 2.05) is 60.7 Å². The van der Waals surface area contributed by atoms with Gasteiger partial charge in [0.05, 0.1) is 52.5 Å². The quantitative estimate of drug-likeness (QED) is 0.126. The van der Waals surface area contributed by atoms with Crippen LogP contribution in [0.4, 0.5) is 11.4 Å². The molecule has 0 bridgehead atoms. The number of aliphatic carboxylic acids is 2. The summed E-state index contributed by atoms with van der Waals surface area (Å²) in [6, 6.07) is 27.4. The first-order valence-electron chi connectivity index (χ1n) is 21.6. The molecule has 4 aliphatic heterocycles. The van der Waals surface area contributed by atoms with Crippen molar-refractivity contribution in [2.75, 3.05) is 76.8 Å². The second-order valence-electron chi connectivity index (χ2n) is 16.1. The lowest BCUT2D eigenvalue weighted by Crippen LogP contribution is -2.53. The first-order valence-corrected chi connectivity index (χ1v) is 21.6. The van der Waals surface area contributed by atoms with E-state index in [0.29, 0.717) is 86.6 Å². The van der Waals surface area contributed by atoms with Gasteiger partial charge in [0.15, 0.2) is 5.71 Å². The molecule has 4 aromatic carbocycles. The third kappa shape index (κ3) is 9.40. The summed E-state index contributed by atoms with van der Waals surface area (Å²) < 4.78 is 30.1. The van der Waals surface area contributed by atoms with Crippen LogP contribution in [0.3, 0.4) is 0 Å². The number of rotatable bonds is 15. The lowest BCUT2D eigenvalue weighted by atomic mass is 9.90. The number of carbonyl (C=O) groups is 3. The van der Waals surface area contributed by atoms with Crippen LogP contribution in [0.25, 0.3) is 0 Å². The first kappa shape index (κ1) is 45.2. The molecule has 4 aromatic rings. The largest absolute Gasteiger partial charge is 0.494 e. The monoisotopic (exact) mass is 890 g/mol. The molecule has 0 amide bonds. The van der Waals surface area contributed by atoms with Crippen molar-refractivity contribution in [3.63, 3.8) is 0 Å².